The predicted octanol–water partition coefficient (Wildman–Crippen LogP) is 3.59. The molecule has 0 aliphatic carbocycles. The van der Waals surface area contributed by atoms with Crippen LogP contribution >= 0.6 is 0 Å². The lowest BCUT2D eigenvalue weighted by Gasteiger charge is -2.28. The lowest BCUT2D eigenvalue weighted by atomic mass is 9.94. The molecule has 2 aromatic rings. The molecule has 0 saturated carbocycles. The Balaban J connectivity index is 1.81. The van der Waals surface area contributed by atoms with E-state index in [1.807, 2.05) is 0 Å². The first kappa shape index (κ1) is 25.4. The summed E-state index contributed by atoms with van der Waals surface area (Å²) in [4.78, 5) is 30.4. The van der Waals surface area contributed by atoms with E-state index in [1.54, 1.807) is 43.5 Å². The normalized spacial score (nSPS) is 18.2. The third-order valence-electron chi connectivity index (χ3n) is 6.69. The molecular formula is C27H32N2O7. The number of carbonyl (C=O) groups is 2. The minimum absolute atomic E-state index is 0.00624. The average Bonchev–Trinajstić information content (AvgIpc) is 3.48. The lowest BCUT2D eigenvalue weighted by Crippen LogP contribution is -2.33. The van der Waals surface area contributed by atoms with Gasteiger partial charge >= 0.3 is 0 Å². The Morgan fingerprint density at radius 3 is 2.50 bits per heavy atom. The molecule has 9 heteroatoms. The van der Waals surface area contributed by atoms with Crippen LogP contribution in [0.3, 0.4) is 0 Å². The van der Waals surface area contributed by atoms with E-state index in [-0.39, 0.29) is 18.1 Å². The molecule has 2 heterocycles. The standard InChI is InChI=1S/C27H32N2O7/c1-5-28(6-2)12-7-13-29-24(19-15-18(33-3)9-11-20(19)34-4)23(26(31)27(29)32)25(30)17-8-10-21-22(14-17)36-16-35-21/h8-11,14-15,24,30H,5-7,12-13,16H2,1-4H3/b25-23+. The van der Waals surface area contributed by atoms with Gasteiger partial charge in [-0.3, -0.25) is 9.59 Å². The summed E-state index contributed by atoms with van der Waals surface area (Å²) in [6.07, 6.45) is 0.668. The van der Waals surface area contributed by atoms with Gasteiger partial charge in [-0.1, -0.05) is 13.8 Å². The molecule has 2 aliphatic heterocycles. The third kappa shape index (κ3) is 4.70. The second kappa shape index (κ2) is 10.9. The molecule has 36 heavy (non-hydrogen) atoms. The molecule has 0 aromatic heterocycles. The number of likely N-dealkylation sites (tertiary alicyclic amines) is 1. The van der Waals surface area contributed by atoms with Gasteiger partial charge in [0.1, 0.15) is 17.3 Å². The Labute approximate surface area is 210 Å². The number of aliphatic hydroxyl groups excluding tert-OH is 1. The van der Waals surface area contributed by atoms with Gasteiger partial charge in [-0.15, -0.1) is 0 Å². The van der Waals surface area contributed by atoms with Crippen molar-refractivity contribution in [2.45, 2.75) is 26.3 Å². The largest absolute Gasteiger partial charge is 0.507 e. The Bertz CT molecular complexity index is 1170. The smallest absolute Gasteiger partial charge is 0.295 e. The van der Waals surface area contributed by atoms with E-state index in [1.165, 1.54) is 12.0 Å². The van der Waals surface area contributed by atoms with Crippen molar-refractivity contribution in [2.75, 3.05) is 47.2 Å². The highest BCUT2D eigenvalue weighted by atomic mass is 16.7. The number of fused-ring (bicyclic) bond motifs is 1. The van der Waals surface area contributed by atoms with Crippen molar-refractivity contribution in [1.29, 1.82) is 0 Å². The van der Waals surface area contributed by atoms with Crippen LogP contribution in [0.15, 0.2) is 42.0 Å². The van der Waals surface area contributed by atoms with Crippen molar-refractivity contribution in [3.8, 4) is 23.0 Å². The number of benzene rings is 2. The van der Waals surface area contributed by atoms with Gasteiger partial charge < -0.3 is 33.9 Å². The number of aliphatic hydroxyl groups is 1. The number of amides is 1. The van der Waals surface area contributed by atoms with E-state index in [4.69, 9.17) is 18.9 Å². The molecule has 1 fully saturated rings. The molecule has 0 bridgehead atoms. The average molecular weight is 497 g/mol. The molecule has 4 rings (SSSR count). The van der Waals surface area contributed by atoms with E-state index in [2.05, 4.69) is 18.7 Å². The van der Waals surface area contributed by atoms with Gasteiger partial charge in [0.05, 0.1) is 25.8 Å². The molecule has 9 nitrogen and oxygen atoms in total. The topological polar surface area (TPSA) is 97.8 Å². The number of ketones is 1. The fraction of sp³-hybridized carbons (Fsp3) is 0.407. The van der Waals surface area contributed by atoms with Gasteiger partial charge in [0.2, 0.25) is 6.79 Å². The Morgan fingerprint density at radius 2 is 1.81 bits per heavy atom. The van der Waals surface area contributed by atoms with Crippen molar-refractivity contribution in [3.05, 3.63) is 53.1 Å². The fourth-order valence-corrected chi connectivity index (χ4v) is 4.69. The van der Waals surface area contributed by atoms with Gasteiger partial charge in [-0.25, -0.2) is 0 Å². The number of ether oxygens (including phenoxy) is 4. The number of hydrogen-bond donors (Lipinski definition) is 1. The zero-order chi connectivity index (χ0) is 25.8. The molecule has 192 valence electrons. The van der Waals surface area contributed by atoms with E-state index >= 15 is 0 Å². The van der Waals surface area contributed by atoms with Gasteiger partial charge in [-0.2, -0.15) is 0 Å². The summed E-state index contributed by atoms with van der Waals surface area (Å²) in [5.74, 6) is 0.343. The number of rotatable bonds is 10. The summed E-state index contributed by atoms with van der Waals surface area (Å²) < 4.78 is 21.8. The van der Waals surface area contributed by atoms with Crippen LogP contribution in [0.5, 0.6) is 23.0 Å². The van der Waals surface area contributed by atoms with Crippen LogP contribution in [0.1, 0.15) is 37.4 Å². The van der Waals surface area contributed by atoms with Crippen LogP contribution < -0.4 is 18.9 Å². The number of Topliss-reactive ketones (excluding diaryl/α,β-unsaturated/α-hetero) is 1. The summed E-state index contributed by atoms with van der Waals surface area (Å²) in [5, 5.41) is 11.4. The van der Waals surface area contributed by atoms with Crippen LogP contribution in [0.2, 0.25) is 0 Å². The summed E-state index contributed by atoms with van der Waals surface area (Å²) in [5.41, 5.74) is 0.904. The van der Waals surface area contributed by atoms with Gasteiger partial charge in [0.25, 0.3) is 11.7 Å². The van der Waals surface area contributed by atoms with Gasteiger partial charge in [-0.05, 0) is 62.5 Å². The van der Waals surface area contributed by atoms with E-state index in [9.17, 15) is 14.7 Å². The Hall–Kier alpha value is -3.72. The molecule has 2 aliphatic rings. The minimum atomic E-state index is -0.850. The summed E-state index contributed by atoms with van der Waals surface area (Å²) in [6, 6.07) is 9.26. The van der Waals surface area contributed by atoms with Crippen LogP contribution in [0, 0.1) is 0 Å². The summed E-state index contributed by atoms with van der Waals surface area (Å²) in [6.45, 7) is 7.16. The van der Waals surface area contributed by atoms with E-state index < -0.39 is 17.7 Å². The van der Waals surface area contributed by atoms with Crippen molar-refractivity contribution in [3.63, 3.8) is 0 Å². The first-order valence-corrected chi connectivity index (χ1v) is 12.1. The van der Waals surface area contributed by atoms with Crippen LogP contribution in [0.4, 0.5) is 0 Å². The van der Waals surface area contributed by atoms with Crippen molar-refractivity contribution in [1.82, 2.24) is 9.80 Å². The molecular weight excluding hydrogens is 464 g/mol. The maximum atomic E-state index is 13.4. The first-order valence-electron chi connectivity index (χ1n) is 12.1. The predicted molar refractivity (Wildman–Crippen MR) is 134 cm³/mol. The summed E-state index contributed by atoms with van der Waals surface area (Å²) >= 11 is 0. The second-order valence-corrected chi connectivity index (χ2v) is 8.55. The van der Waals surface area contributed by atoms with E-state index in [0.717, 1.165) is 19.6 Å². The molecule has 2 aromatic carbocycles. The first-order chi connectivity index (χ1) is 17.4. The van der Waals surface area contributed by atoms with Crippen LogP contribution in [-0.2, 0) is 9.59 Å². The highest BCUT2D eigenvalue weighted by Gasteiger charge is 2.47. The molecule has 1 amide bonds. The highest BCUT2D eigenvalue weighted by molar-refractivity contribution is 6.46. The molecule has 0 radical (unpaired) electrons. The highest BCUT2D eigenvalue weighted by Crippen LogP contribution is 2.44. The minimum Gasteiger partial charge on any atom is -0.507 e. The number of nitrogens with zero attached hydrogens (tertiary/aromatic N) is 2. The maximum Gasteiger partial charge on any atom is 0.295 e. The fourth-order valence-electron chi connectivity index (χ4n) is 4.69. The molecule has 1 atom stereocenters. The maximum absolute atomic E-state index is 13.4. The van der Waals surface area contributed by atoms with Crippen LogP contribution in [-0.4, -0.2) is 73.8 Å². The second-order valence-electron chi connectivity index (χ2n) is 8.55. The van der Waals surface area contributed by atoms with Crippen molar-refractivity contribution >= 4 is 17.4 Å². The Morgan fingerprint density at radius 1 is 1.06 bits per heavy atom. The van der Waals surface area contributed by atoms with Gasteiger partial charge in [0.15, 0.2) is 11.5 Å². The summed E-state index contributed by atoms with van der Waals surface area (Å²) in [7, 11) is 3.06. The van der Waals surface area contributed by atoms with Crippen molar-refractivity contribution < 1.29 is 33.6 Å². The number of carbonyl (C=O) groups excluding carboxylic acids is 2. The monoisotopic (exact) mass is 496 g/mol. The number of hydrogen-bond acceptors (Lipinski definition) is 8. The Kier molecular flexibility index (Phi) is 7.69. The molecule has 1 N–H and O–H groups in total. The lowest BCUT2D eigenvalue weighted by molar-refractivity contribution is -0.140. The third-order valence-corrected chi connectivity index (χ3v) is 6.69. The van der Waals surface area contributed by atoms with Crippen LogP contribution in [0.25, 0.3) is 5.76 Å². The SMILES string of the molecule is CCN(CC)CCCN1C(=O)C(=O)/C(=C(/O)c2ccc3c(c2)OCO3)C1c1cc(OC)ccc1OC. The zero-order valence-electron chi connectivity index (χ0n) is 21.1. The van der Waals surface area contributed by atoms with E-state index in [0.29, 0.717) is 47.1 Å². The molecule has 1 unspecified atom stereocenters. The number of methoxy groups -OCH3 is 2. The zero-order valence-corrected chi connectivity index (χ0v) is 21.1. The quantitative estimate of drug-likeness (QED) is 0.303. The molecule has 0 spiro atoms. The van der Waals surface area contributed by atoms with Gasteiger partial charge in [0, 0.05) is 17.7 Å². The molecule has 1 saturated heterocycles. The van der Waals surface area contributed by atoms with Crippen molar-refractivity contribution in [2.24, 2.45) is 0 Å².